The first kappa shape index (κ1) is 7.49. The maximum atomic E-state index is 10.7. The van der Waals surface area contributed by atoms with E-state index in [1.165, 1.54) is 0 Å². The number of hydrogen-bond acceptors (Lipinski definition) is 3. The van der Waals surface area contributed by atoms with Crippen LogP contribution in [0.15, 0.2) is 0 Å². The first-order chi connectivity index (χ1) is 4.52. The van der Waals surface area contributed by atoms with Crippen LogP contribution < -0.4 is 10.5 Å². The molecule has 1 saturated heterocycles. The fourth-order valence-electron chi connectivity index (χ4n) is 0.885. The lowest BCUT2D eigenvalue weighted by atomic mass is 10.4. The van der Waals surface area contributed by atoms with Crippen LogP contribution in [-0.4, -0.2) is 26.1 Å². The highest BCUT2D eigenvalue weighted by atomic mass is 32.2. The summed E-state index contributed by atoms with van der Waals surface area (Å²) in [6.07, 6.45) is 0.289. The quantitative estimate of drug-likeness (QED) is 0.477. The summed E-state index contributed by atoms with van der Waals surface area (Å²) in [5.41, 5.74) is 0. The van der Waals surface area contributed by atoms with Gasteiger partial charge >= 0.3 is 0 Å². The van der Waals surface area contributed by atoms with Gasteiger partial charge < -0.3 is 5.32 Å². The van der Waals surface area contributed by atoms with Crippen molar-refractivity contribution in [1.82, 2.24) is 5.32 Å². The van der Waals surface area contributed by atoms with Crippen LogP contribution in [0.1, 0.15) is 6.42 Å². The van der Waals surface area contributed by atoms with Crippen molar-refractivity contribution in [3.8, 4) is 0 Å². The number of carbonyl (C=O) groups excluding carboxylic acids is 1. The molecule has 5 nitrogen and oxygen atoms in total. The molecule has 0 spiro atoms. The molecule has 1 atom stereocenters. The van der Waals surface area contributed by atoms with E-state index in [4.69, 9.17) is 5.14 Å². The molecule has 58 valence electrons. The third kappa shape index (κ3) is 1.27. The Balaban J connectivity index is 2.84. The van der Waals surface area contributed by atoms with Gasteiger partial charge in [-0.05, 0) is 6.42 Å². The van der Waals surface area contributed by atoms with E-state index in [2.05, 4.69) is 5.32 Å². The van der Waals surface area contributed by atoms with Crippen molar-refractivity contribution in [2.24, 2.45) is 5.14 Å². The molecule has 1 rings (SSSR count). The van der Waals surface area contributed by atoms with E-state index in [1.807, 2.05) is 0 Å². The van der Waals surface area contributed by atoms with Crippen molar-refractivity contribution >= 4 is 15.9 Å². The fourth-order valence-corrected chi connectivity index (χ4v) is 1.71. The van der Waals surface area contributed by atoms with Crippen LogP contribution in [0.5, 0.6) is 0 Å². The lowest BCUT2D eigenvalue weighted by Crippen LogP contribution is -2.34. The summed E-state index contributed by atoms with van der Waals surface area (Å²) in [6, 6.07) is 0. The van der Waals surface area contributed by atoms with Crippen molar-refractivity contribution in [2.45, 2.75) is 11.7 Å². The standard InChI is InChI=1S/C4H8N2O3S/c5-10(8,9)3-1-2-6-4(3)7/h3H,1-2H2,(H,6,7)(H2,5,8,9). The van der Waals surface area contributed by atoms with Gasteiger partial charge in [0.05, 0.1) is 0 Å². The number of primary sulfonamides is 1. The van der Waals surface area contributed by atoms with Crippen LogP contribution in [-0.2, 0) is 14.8 Å². The predicted octanol–water partition coefficient (Wildman–Crippen LogP) is -1.84. The third-order valence-corrected chi connectivity index (χ3v) is 2.64. The van der Waals surface area contributed by atoms with E-state index in [1.54, 1.807) is 0 Å². The van der Waals surface area contributed by atoms with Crippen molar-refractivity contribution in [3.05, 3.63) is 0 Å². The molecule has 6 heteroatoms. The number of nitrogens with one attached hydrogen (secondary N) is 1. The molecule has 1 unspecified atom stereocenters. The number of rotatable bonds is 1. The maximum Gasteiger partial charge on any atom is 0.239 e. The third-order valence-electron chi connectivity index (χ3n) is 1.39. The summed E-state index contributed by atoms with van der Waals surface area (Å²) in [7, 11) is -3.66. The Hall–Kier alpha value is -0.620. The molecule has 1 amide bonds. The van der Waals surface area contributed by atoms with Gasteiger partial charge in [0, 0.05) is 6.54 Å². The number of carbonyl (C=O) groups is 1. The fraction of sp³-hybridized carbons (Fsp3) is 0.750. The van der Waals surface area contributed by atoms with E-state index >= 15 is 0 Å². The molecule has 0 radical (unpaired) electrons. The van der Waals surface area contributed by atoms with Crippen molar-refractivity contribution < 1.29 is 13.2 Å². The normalized spacial score (nSPS) is 26.5. The Kier molecular flexibility index (Phi) is 1.65. The summed E-state index contributed by atoms with van der Waals surface area (Å²) < 4.78 is 21.1. The van der Waals surface area contributed by atoms with Crippen molar-refractivity contribution in [3.63, 3.8) is 0 Å². The second kappa shape index (κ2) is 2.21. The SMILES string of the molecule is NS(=O)(=O)C1CCNC1=O. The number of hydrogen-bond donors (Lipinski definition) is 2. The number of nitrogens with two attached hydrogens (primary N) is 1. The van der Waals surface area contributed by atoms with E-state index in [-0.39, 0.29) is 6.42 Å². The van der Waals surface area contributed by atoms with Crippen molar-refractivity contribution in [2.75, 3.05) is 6.54 Å². The molecule has 1 heterocycles. The van der Waals surface area contributed by atoms with Gasteiger partial charge in [-0.15, -0.1) is 0 Å². The highest BCUT2D eigenvalue weighted by Gasteiger charge is 2.33. The topological polar surface area (TPSA) is 89.3 Å². The first-order valence-electron chi connectivity index (χ1n) is 2.81. The Labute approximate surface area is 58.6 Å². The lowest BCUT2D eigenvalue weighted by molar-refractivity contribution is -0.118. The second-order valence-electron chi connectivity index (χ2n) is 2.16. The summed E-state index contributed by atoms with van der Waals surface area (Å²) >= 11 is 0. The molecular weight excluding hydrogens is 156 g/mol. The smallest absolute Gasteiger partial charge is 0.239 e. The Morgan fingerprint density at radius 3 is 2.40 bits per heavy atom. The Morgan fingerprint density at radius 1 is 1.60 bits per heavy atom. The van der Waals surface area contributed by atoms with Crippen LogP contribution in [0.3, 0.4) is 0 Å². The maximum absolute atomic E-state index is 10.7. The van der Waals surface area contributed by atoms with E-state index in [9.17, 15) is 13.2 Å². The van der Waals surface area contributed by atoms with Gasteiger partial charge in [0.2, 0.25) is 15.9 Å². The molecule has 1 fully saturated rings. The second-order valence-corrected chi connectivity index (χ2v) is 3.90. The van der Waals surface area contributed by atoms with Gasteiger partial charge in [0.1, 0.15) is 0 Å². The van der Waals surface area contributed by atoms with Crippen LogP contribution in [0.4, 0.5) is 0 Å². The minimum Gasteiger partial charge on any atom is -0.355 e. The van der Waals surface area contributed by atoms with Gasteiger partial charge in [-0.2, -0.15) is 0 Å². The Morgan fingerprint density at radius 2 is 2.20 bits per heavy atom. The van der Waals surface area contributed by atoms with Crippen LogP contribution >= 0.6 is 0 Å². The van der Waals surface area contributed by atoms with Gasteiger partial charge in [-0.3, -0.25) is 4.79 Å². The minimum absolute atomic E-state index is 0.289. The number of sulfonamides is 1. The van der Waals surface area contributed by atoms with Gasteiger partial charge in [-0.25, -0.2) is 13.6 Å². The lowest BCUT2D eigenvalue weighted by Gasteiger charge is -2.00. The average Bonchev–Trinajstić information content (AvgIpc) is 2.11. The largest absolute Gasteiger partial charge is 0.355 e. The molecule has 3 N–H and O–H groups in total. The summed E-state index contributed by atoms with van der Waals surface area (Å²) in [6.45, 7) is 0.403. The zero-order valence-electron chi connectivity index (χ0n) is 5.20. The average molecular weight is 164 g/mol. The zero-order valence-corrected chi connectivity index (χ0v) is 6.02. The van der Waals surface area contributed by atoms with Gasteiger partial charge in [0.15, 0.2) is 5.25 Å². The summed E-state index contributed by atoms with van der Waals surface area (Å²) in [4.78, 5) is 10.7. The summed E-state index contributed by atoms with van der Waals surface area (Å²) in [5.74, 6) is -0.484. The molecule has 0 aromatic carbocycles. The summed E-state index contributed by atoms with van der Waals surface area (Å²) in [5, 5.41) is 6.10. The van der Waals surface area contributed by atoms with Crippen LogP contribution in [0.2, 0.25) is 0 Å². The van der Waals surface area contributed by atoms with Gasteiger partial charge in [0.25, 0.3) is 0 Å². The van der Waals surface area contributed by atoms with Crippen molar-refractivity contribution in [1.29, 1.82) is 0 Å². The highest BCUT2D eigenvalue weighted by Crippen LogP contribution is 2.06. The molecule has 1 aliphatic rings. The van der Waals surface area contributed by atoms with E-state index in [0.717, 1.165) is 0 Å². The monoisotopic (exact) mass is 164 g/mol. The van der Waals surface area contributed by atoms with Crippen LogP contribution in [0, 0.1) is 0 Å². The number of amides is 1. The van der Waals surface area contributed by atoms with Gasteiger partial charge in [-0.1, -0.05) is 0 Å². The molecular formula is C4H8N2O3S. The molecule has 0 bridgehead atoms. The zero-order chi connectivity index (χ0) is 7.78. The van der Waals surface area contributed by atoms with Crippen LogP contribution in [0.25, 0.3) is 0 Å². The first-order valence-corrected chi connectivity index (χ1v) is 4.42. The predicted molar refractivity (Wildman–Crippen MR) is 34.5 cm³/mol. The molecule has 0 aromatic heterocycles. The van der Waals surface area contributed by atoms with E-state index in [0.29, 0.717) is 6.54 Å². The molecule has 1 aliphatic heterocycles. The molecule has 10 heavy (non-hydrogen) atoms. The van der Waals surface area contributed by atoms with E-state index < -0.39 is 21.2 Å². The minimum atomic E-state index is -3.66. The molecule has 0 aromatic rings. The molecule has 0 aliphatic carbocycles. The highest BCUT2D eigenvalue weighted by molar-refractivity contribution is 7.90. The molecule has 0 saturated carbocycles. The Bertz CT molecular complexity index is 245.